The van der Waals surface area contributed by atoms with E-state index >= 15 is 0 Å². The first kappa shape index (κ1) is 15.0. The van der Waals surface area contributed by atoms with E-state index in [1.165, 1.54) is 4.90 Å². The average molecular weight is 317 g/mol. The Bertz CT molecular complexity index is 427. The third-order valence-corrected chi connectivity index (χ3v) is 5.22. The van der Waals surface area contributed by atoms with Gasteiger partial charge in [0.25, 0.3) is 0 Å². The third-order valence-electron chi connectivity index (χ3n) is 2.67. The molecule has 0 radical (unpaired) electrons. The van der Waals surface area contributed by atoms with Crippen molar-refractivity contribution in [2.24, 2.45) is 0 Å². The van der Waals surface area contributed by atoms with Gasteiger partial charge < -0.3 is 5.32 Å². The number of carbonyl (C=O) groups is 1. The van der Waals surface area contributed by atoms with Crippen molar-refractivity contribution in [3.8, 4) is 0 Å². The van der Waals surface area contributed by atoms with E-state index in [9.17, 15) is 4.79 Å². The minimum absolute atomic E-state index is 0.0436. The summed E-state index contributed by atoms with van der Waals surface area (Å²) in [6.45, 7) is 2.04. The van der Waals surface area contributed by atoms with E-state index in [0.29, 0.717) is 6.42 Å². The van der Waals surface area contributed by atoms with Crippen LogP contribution < -0.4 is 10.6 Å². The molecule has 1 fully saturated rings. The van der Waals surface area contributed by atoms with Gasteiger partial charge >= 0.3 is 0 Å². The molecule has 1 aromatic rings. The molecule has 104 valence electrons. The standard InChI is InChI=1S/C13H17ClN2OS2/c1-9-8-12(17)16-13(15-9)19-7-6-18-11-4-2-10(14)3-5-11/h2-5,9,13,15H,6-8H2,1H3,(H,16,17). The van der Waals surface area contributed by atoms with Gasteiger partial charge in [-0.1, -0.05) is 11.6 Å². The van der Waals surface area contributed by atoms with E-state index in [1.54, 1.807) is 23.5 Å². The Morgan fingerprint density at radius 1 is 1.32 bits per heavy atom. The van der Waals surface area contributed by atoms with Gasteiger partial charge in [-0.15, -0.1) is 23.5 Å². The van der Waals surface area contributed by atoms with E-state index in [4.69, 9.17) is 11.6 Å². The first-order valence-electron chi connectivity index (χ1n) is 6.19. The number of hydrogen-bond acceptors (Lipinski definition) is 4. The van der Waals surface area contributed by atoms with E-state index in [2.05, 4.69) is 10.6 Å². The van der Waals surface area contributed by atoms with Gasteiger partial charge in [-0.3, -0.25) is 10.1 Å². The number of nitrogens with one attached hydrogen (secondary N) is 2. The highest BCUT2D eigenvalue weighted by molar-refractivity contribution is 8.03. The third kappa shape index (κ3) is 5.26. The molecular weight excluding hydrogens is 300 g/mol. The Labute approximate surface area is 127 Å². The lowest BCUT2D eigenvalue weighted by Crippen LogP contribution is -2.53. The molecule has 1 heterocycles. The van der Waals surface area contributed by atoms with Gasteiger partial charge in [0.1, 0.15) is 5.50 Å². The van der Waals surface area contributed by atoms with Crippen molar-refractivity contribution in [2.75, 3.05) is 11.5 Å². The second-order valence-electron chi connectivity index (χ2n) is 4.39. The predicted octanol–water partition coefficient (Wildman–Crippen LogP) is 2.95. The summed E-state index contributed by atoms with van der Waals surface area (Å²) in [5, 5.41) is 7.06. The highest BCUT2D eigenvalue weighted by Gasteiger charge is 2.22. The van der Waals surface area contributed by atoms with Crippen molar-refractivity contribution < 1.29 is 4.79 Å². The Hall–Kier alpha value is -0.360. The molecule has 1 amide bonds. The van der Waals surface area contributed by atoms with Crippen molar-refractivity contribution in [2.45, 2.75) is 29.8 Å². The number of rotatable bonds is 5. The summed E-state index contributed by atoms with van der Waals surface area (Å²) >= 11 is 9.38. The van der Waals surface area contributed by atoms with Crippen molar-refractivity contribution >= 4 is 41.0 Å². The second-order valence-corrected chi connectivity index (χ2v) is 7.21. The van der Waals surface area contributed by atoms with Crippen LogP contribution >= 0.6 is 35.1 Å². The maximum absolute atomic E-state index is 11.4. The summed E-state index contributed by atoms with van der Waals surface area (Å²) < 4.78 is 0. The van der Waals surface area contributed by atoms with Gasteiger partial charge in [0.05, 0.1) is 0 Å². The van der Waals surface area contributed by atoms with Crippen molar-refractivity contribution in [1.29, 1.82) is 0 Å². The molecule has 0 spiro atoms. The van der Waals surface area contributed by atoms with Crippen LogP contribution in [0.2, 0.25) is 5.02 Å². The molecule has 0 saturated carbocycles. The number of carbonyl (C=O) groups excluding carboxylic acids is 1. The summed E-state index contributed by atoms with van der Waals surface area (Å²) in [4.78, 5) is 12.6. The first-order valence-corrected chi connectivity index (χ1v) is 8.60. The van der Waals surface area contributed by atoms with Gasteiger partial charge in [-0.05, 0) is 31.2 Å². The number of thioether (sulfide) groups is 2. The van der Waals surface area contributed by atoms with Gasteiger partial charge in [0, 0.05) is 33.9 Å². The van der Waals surface area contributed by atoms with E-state index in [1.807, 2.05) is 31.2 Å². The van der Waals surface area contributed by atoms with Crippen LogP contribution in [0.25, 0.3) is 0 Å². The zero-order valence-electron chi connectivity index (χ0n) is 10.7. The van der Waals surface area contributed by atoms with E-state index < -0.39 is 0 Å². The molecule has 2 N–H and O–H groups in total. The minimum Gasteiger partial charge on any atom is -0.332 e. The Kier molecular flexibility index (Phi) is 5.88. The lowest BCUT2D eigenvalue weighted by Gasteiger charge is -2.28. The van der Waals surface area contributed by atoms with Crippen molar-refractivity contribution in [1.82, 2.24) is 10.6 Å². The molecular formula is C13H17ClN2OS2. The van der Waals surface area contributed by atoms with Crippen LogP contribution in [0.3, 0.4) is 0 Å². The Morgan fingerprint density at radius 3 is 2.74 bits per heavy atom. The lowest BCUT2D eigenvalue weighted by molar-refractivity contribution is -0.123. The van der Waals surface area contributed by atoms with Crippen LogP contribution in [-0.2, 0) is 4.79 Å². The Morgan fingerprint density at radius 2 is 2.05 bits per heavy atom. The highest BCUT2D eigenvalue weighted by atomic mass is 35.5. The number of halogens is 1. The van der Waals surface area contributed by atoms with Gasteiger partial charge in [0.2, 0.25) is 5.91 Å². The van der Waals surface area contributed by atoms with Gasteiger partial charge in [0.15, 0.2) is 0 Å². The largest absolute Gasteiger partial charge is 0.332 e. The summed E-state index contributed by atoms with van der Waals surface area (Å²) in [6.07, 6.45) is 0.566. The Balaban J connectivity index is 1.66. The molecule has 2 unspecified atom stereocenters. The highest BCUT2D eigenvalue weighted by Crippen LogP contribution is 2.22. The minimum atomic E-state index is 0.0436. The fraction of sp³-hybridized carbons (Fsp3) is 0.462. The SMILES string of the molecule is CC1CC(=O)NC(SCCSc2ccc(Cl)cc2)N1. The topological polar surface area (TPSA) is 41.1 Å². The van der Waals surface area contributed by atoms with Gasteiger partial charge in [-0.2, -0.15) is 0 Å². The smallest absolute Gasteiger partial charge is 0.223 e. The van der Waals surface area contributed by atoms with Crippen molar-refractivity contribution in [3.63, 3.8) is 0 Å². The van der Waals surface area contributed by atoms with Crippen LogP contribution in [0.15, 0.2) is 29.2 Å². The van der Waals surface area contributed by atoms with E-state index in [0.717, 1.165) is 16.5 Å². The number of hydrogen-bond donors (Lipinski definition) is 2. The fourth-order valence-electron chi connectivity index (χ4n) is 1.79. The maximum Gasteiger partial charge on any atom is 0.223 e. The molecule has 0 aliphatic carbocycles. The van der Waals surface area contributed by atoms with Crippen LogP contribution in [0.1, 0.15) is 13.3 Å². The predicted molar refractivity (Wildman–Crippen MR) is 83.8 cm³/mol. The second kappa shape index (κ2) is 7.43. The molecule has 6 heteroatoms. The molecule has 2 rings (SSSR count). The van der Waals surface area contributed by atoms with Gasteiger partial charge in [-0.25, -0.2) is 0 Å². The van der Waals surface area contributed by atoms with Crippen LogP contribution in [0.5, 0.6) is 0 Å². The molecule has 1 saturated heterocycles. The lowest BCUT2D eigenvalue weighted by atomic mass is 10.2. The monoisotopic (exact) mass is 316 g/mol. The molecule has 19 heavy (non-hydrogen) atoms. The quantitative estimate of drug-likeness (QED) is 0.647. The first-order chi connectivity index (χ1) is 9.13. The summed E-state index contributed by atoms with van der Waals surface area (Å²) in [5.74, 6) is 2.13. The summed E-state index contributed by atoms with van der Waals surface area (Å²) in [7, 11) is 0. The average Bonchev–Trinajstić information content (AvgIpc) is 2.36. The fourth-order valence-corrected chi connectivity index (χ4v) is 3.98. The molecule has 0 aromatic heterocycles. The van der Waals surface area contributed by atoms with Crippen molar-refractivity contribution in [3.05, 3.63) is 29.3 Å². The maximum atomic E-state index is 11.4. The number of amides is 1. The zero-order chi connectivity index (χ0) is 13.7. The van der Waals surface area contributed by atoms with Crippen LogP contribution in [0.4, 0.5) is 0 Å². The molecule has 3 nitrogen and oxygen atoms in total. The zero-order valence-corrected chi connectivity index (χ0v) is 13.1. The molecule has 1 aromatic carbocycles. The summed E-state index contributed by atoms with van der Waals surface area (Å²) in [6, 6.07) is 8.12. The van der Waals surface area contributed by atoms with E-state index in [-0.39, 0.29) is 17.4 Å². The molecule has 2 atom stereocenters. The summed E-state index contributed by atoms with van der Waals surface area (Å²) in [5.41, 5.74) is 0.0436. The molecule has 1 aliphatic heterocycles. The molecule has 1 aliphatic rings. The normalized spacial score (nSPS) is 23.2. The number of benzene rings is 1. The molecule has 0 bridgehead atoms. The van der Waals surface area contributed by atoms with Crippen LogP contribution in [-0.4, -0.2) is 29.0 Å². The van der Waals surface area contributed by atoms with Crippen LogP contribution in [0, 0.1) is 0 Å².